The van der Waals surface area contributed by atoms with E-state index < -0.39 is 0 Å². The van der Waals surface area contributed by atoms with Crippen LogP contribution in [0, 0.1) is 0 Å². The number of rotatable bonds is 3. The summed E-state index contributed by atoms with van der Waals surface area (Å²) >= 11 is 15.5. The summed E-state index contributed by atoms with van der Waals surface area (Å²) < 4.78 is 3.18. The smallest absolute Gasteiger partial charge is 0.125 e. The second-order valence-electron chi connectivity index (χ2n) is 4.51. The Morgan fingerprint density at radius 1 is 1.10 bits per heavy atom. The molecule has 3 aromatic rings. The molecule has 0 aliphatic rings. The lowest BCUT2D eigenvalue weighted by Gasteiger charge is -2.08. The molecule has 1 aromatic heterocycles. The molecule has 0 N–H and O–H groups in total. The molecule has 2 aromatic carbocycles. The zero-order valence-corrected chi connectivity index (χ0v) is 13.6. The van der Waals surface area contributed by atoms with Crippen molar-refractivity contribution in [2.24, 2.45) is 0 Å². The molecule has 5 heteroatoms. The molecule has 0 spiro atoms. The summed E-state index contributed by atoms with van der Waals surface area (Å²) in [6.07, 6.45) is 0. The van der Waals surface area contributed by atoms with E-state index in [0.29, 0.717) is 10.9 Å². The summed E-state index contributed by atoms with van der Waals surface area (Å²) in [7, 11) is 0. The van der Waals surface area contributed by atoms with Crippen LogP contribution in [0.25, 0.3) is 11.0 Å². The molecular formula is C15H11BrCl2N2. The average molecular weight is 370 g/mol. The normalized spacial score (nSPS) is 11.2. The van der Waals surface area contributed by atoms with Gasteiger partial charge in [0.2, 0.25) is 0 Å². The van der Waals surface area contributed by atoms with Crippen LogP contribution >= 0.6 is 39.1 Å². The second-order valence-corrected chi connectivity index (χ2v) is 6.13. The monoisotopic (exact) mass is 368 g/mol. The highest BCUT2D eigenvalue weighted by Crippen LogP contribution is 2.23. The molecule has 0 saturated carbocycles. The minimum Gasteiger partial charge on any atom is -0.322 e. The molecule has 0 atom stereocenters. The number of hydrogen-bond donors (Lipinski definition) is 0. The van der Waals surface area contributed by atoms with Crippen LogP contribution < -0.4 is 0 Å². The fourth-order valence-electron chi connectivity index (χ4n) is 2.20. The van der Waals surface area contributed by atoms with E-state index in [1.807, 2.05) is 30.3 Å². The Bertz CT molecular complexity index is 750. The van der Waals surface area contributed by atoms with Crippen molar-refractivity contribution in [1.82, 2.24) is 9.55 Å². The summed E-state index contributed by atoms with van der Waals surface area (Å²) in [5, 5.41) is 0.704. The second kappa shape index (κ2) is 5.76. The van der Waals surface area contributed by atoms with E-state index in [1.165, 1.54) is 5.56 Å². The van der Waals surface area contributed by atoms with Crippen molar-refractivity contribution in [1.29, 1.82) is 0 Å². The molecule has 1 heterocycles. The van der Waals surface area contributed by atoms with Crippen molar-refractivity contribution >= 4 is 50.2 Å². The molecule has 0 amide bonds. The van der Waals surface area contributed by atoms with E-state index in [1.54, 1.807) is 0 Å². The molecule has 102 valence electrons. The minimum absolute atomic E-state index is 0.378. The fraction of sp³-hybridized carbons (Fsp3) is 0.133. The SMILES string of the molecule is ClCc1nc2ccc(Cl)cc2n1Cc1ccc(Br)cc1. The van der Waals surface area contributed by atoms with Gasteiger partial charge in [-0.25, -0.2) is 4.98 Å². The number of fused-ring (bicyclic) bond motifs is 1. The highest BCUT2D eigenvalue weighted by molar-refractivity contribution is 9.10. The summed E-state index contributed by atoms with van der Waals surface area (Å²) in [6.45, 7) is 0.728. The van der Waals surface area contributed by atoms with Gasteiger partial charge in [0.15, 0.2) is 0 Å². The van der Waals surface area contributed by atoms with Crippen molar-refractivity contribution in [3.05, 3.63) is 63.3 Å². The van der Waals surface area contributed by atoms with Gasteiger partial charge in [-0.15, -0.1) is 11.6 Å². The molecule has 0 aliphatic heterocycles. The van der Waals surface area contributed by atoms with Gasteiger partial charge in [-0.2, -0.15) is 0 Å². The zero-order chi connectivity index (χ0) is 14.1. The lowest BCUT2D eigenvalue weighted by Crippen LogP contribution is -2.03. The number of aromatic nitrogens is 2. The van der Waals surface area contributed by atoms with Crippen LogP contribution in [0.15, 0.2) is 46.9 Å². The van der Waals surface area contributed by atoms with Crippen LogP contribution in [0.3, 0.4) is 0 Å². The molecule has 0 bridgehead atoms. The van der Waals surface area contributed by atoms with Crippen LogP contribution in [0.1, 0.15) is 11.4 Å². The Kier molecular flexibility index (Phi) is 4.01. The molecule has 3 rings (SSSR count). The van der Waals surface area contributed by atoms with E-state index in [9.17, 15) is 0 Å². The molecule has 2 nitrogen and oxygen atoms in total. The Labute approximate surface area is 135 Å². The van der Waals surface area contributed by atoms with E-state index in [0.717, 1.165) is 27.9 Å². The maximum Gasteiger partial charge on any atom is 0.125 e. The maximum atomic E-state index is 6.09. The first kappa shape index (κ1) is 13.9. The van der Waals surface area contributed by atoms with Crippen LogP contribution in [0.4, 0.5) is 0 Å². The third kappa shape index (κ3) is 2.71. The van der Waals surface area contributed by atoms with Crippen LogP contribution in [-0.2, 0) is 12.4 Å². The summed E-state index contributed by atoms with van der Waals surface area (Å²) in [4.78, 5) is 4.55. The van der Waals surface area contributed by atoms with Gasteiger partial charge in [-0.1, -0.05) is 39.7 Å². The molecule has 0 unspecified atom stereocenters. The largest absolute Gasteiger partial charge is 0.322 e. The van der Waals surface area contributed by atoms with Crippen molar-refractivity contribution < 1.29 is 0 Å². The van der Waals surface area contributed by atoms with Gasteiger partial charge in [-0.3, -0.25) is 0 Å². The highest BCUT2D eigenvalue weighted by atomic mass is 79.9. The van der Waals surface area contributed by atoms with Crippen molar-refractivity contribution in [3.8, 4) is 0 Å². The molecule has 0 aliphatic carbocycles. The fourth-order valence-corrected chi connectivity index (χ4v) is 2.83. The minimum atomic E-state index is 0.378. The van der Waals surface area contributed by atoms with Crippen molar-refractivity contribution in [2.45, 2.75) is 12.4 Å². The summed E-state index contributed by atoms with van der Waals surface area (Å²) in [5.74, 6) is 1.23. The van der Waals surface area contributed by atoms with Gasteiger partial charge >= 0.3 is 0 Å². The van der Waals surface area contributed by atoms with Crippen LogP contribution in [0.5, 0.6) is 0 Å². The highest BCUT2D eigenvalue weighted by Gasteiger charge is 2.10. The van der Waals surface area contributed by atoms with E-state index in [4.69, 9.17) is 23.2 Å². The van der Waals surface area contributed by atoms with Gasteiger partial charge in [0.1, 0.15) is 5.82 Å². The number of imidazole rings is 1. The summed E-state index contributed by atoms with van der Waals surface area (Å²) in [5.41, 5.74) is 3.12. The van der Waals surface area contributed by atoms with Crippen molar-refractivity contribution in [3.63, 3.8) is 0 Å². The quantitative estimate of drug-likeness (QED) is 0.577. The third-order valence-electron chi connectivity index (χ3n) is 3.16. The van der Waals surface area contributed by atoms with Gasteiger partial charge < -0.3 is 4.57 Å². The topological polar surface area (TPSA) is 17.8 Å². The molecule has 0 saturated heterocycles. The van der Waals surface area contributed by atoms with Gasteiger partial charge in [-0.05, 0) is 35.9 Å². The first-order valence-corrected chi connectivity index (χ1v) is 7.83. The standard InChI is InChI=1S/C15H11BrCl2N2/c16-11-3-1-10(2-4-11)9-20-14-7-12(18)5-6-13(14)19-15(20)8-17/h1-7H,8-9H2. The first-order valence-electron chi connectivity index (χ1n) is 6.12. The van der Waals surface area contributed by atoms with E-state index in [2.05, 4.69) is 37.6 Å². The molecule has 0 fully saturated rings. The molecule has 0 radical (unpaired) electrons. The number of alkyl halides is 1. The van der Waals surface area contributed by atoms with E-state index >= 15 is 0 Å². The number of hydrogen-bond acceptors (Lipinski definition) is 1. The predicted molar refractivity (Wildman–Crippen MR) is 87.5 cm³/mol. The third-order valence-corrected chi connectivity index (χ3v) is 4.17. The summed E-state index contributed by atoms with van der Waals surface area (Å²) in [6, 6.07) is 13.9. The van der Waals surface area contributed by atoms with E-state index in [-0.39, 0.29) is 0 Å². The number of nitrogens with zero attached hydrogens (tertiary/aromatic N) is 2. The van der Waals surface area contributed by atoms with Gasteiger partial charge in [0.25, 0.3) is 0 Å². The maximum absolute atomic E-state index is 6.09. The van der Waals surface area contributed by atoms with Gasteiger partial charge in [0.05, 0.1) is 16.9 Å². The lowest BCUT2D eigenvalue weighted by atomic mass is 10.2. The predicted octanol–water partition coefficient (Wildman–Crippen LogP) is 5.24. The van der Waals surface area contributed by atoms with Crippen LogP contribution in [0.2, 0.25) is 5.02 Å². The Morgan fingerprint density at radius 2 is 1.85 bits per heavy atom. The van der Waals surface area contributed by atoms with Crippen molar-refractivity contribution in [2.75, 3.05) is 0 Å². The Balaban J connectivity index is 2.08. The van der Waals surface area contributed by atoms with Crippen LogP contribution in [-0.4, -0.2) is 9.55 Å². The Hall–Kier alpha value is -1.03. The average Bonchev–Trinajstić information content (AvgIpc) is 2.79. The molecular weight excluding hydrogens is 359 g/mol. The molecule has 20 heavy (non-hydrogen) atoms. The lowest BCUT2D eigenvalue weighted by molar-refractivity contribution is 0.778. The zero-order valence-electron chi connectivity index (χ0n) is 10.5. The Morgan fingerprint density at radius 3 is 2.55 bits per heavy atom. The number of benzene rings is 2. The first-order chi connectivity index (χ1) is 9.67. The number of halogens is 3. The van der Waals surface area contributed by atoms with Gasteiger partial charge in [0, 0.05) is 16.0 Å².